The van der Waals surface area contributed by atoms with Crippen molar-refractivity contribution in [2.75, 3.05) is 19.6 Å². The van der Waals surface area contributed by atoms with Crippen molar-refractivity contribution in [2.24, 2.45) is 5.41 Å². The van der Waals surface area contributed by atoms with Gasteiger partial charge in [-0.15, -0.1) is 0 Å². The third kappa shape index (κ3) is 3.00. The van der Waals surface area contributed by atoms with Gasteiger partial charge in [0, 0.05) is 37.5 Å². The summed E-state index contributed by atoms with van der Waals surface area (Å²) < 4.78 is 0. The Hall–Kier alpha value is -2.04. The van der Waals surface area contributed by atoms with E-state index in [-0.39, 0.29) is 23.0 Å². The summed E-state index contributed by atoms with van der Waals surface area (Å²) in [7, 11) is 0. The number of phenolic OH excluding ortho intramolecular Hbond substituents is 1. The van der Waals surface area contributed by atoms with Gasteiger partial charge in [0.2, 0.25) is 5.91 Å². The van der Waals surface area contributed by atoms with Crippen LogP contribution in [0.4, 0.5) is 0 Å². The molecule has 5 nitrogen and oxygen atoms in total. The number of hydrogen-bond acceptors (Lipinski definition) is 3. The normalized spacial score (nSPS) is 27.0. The largest absolute Gasteiger partial charge is 0.507 e. The Morgan fingerprint density at radius 1 is 1.24 bits per heavy atom. The summed E-state index contributed by atoms with van der Waals surface area (Å²) in [6.07, 6.45) is 5.77. The second-order valence-corrected chi connectivity index (χ2v) is 8.05. The zero-order valence-electron chi connectivity index (χ0n) is 14.8. The number of amides is 2. The molecule has 25 heavy (non-hydrogen) atoms. The summed E-state index contributed by atoms with van der Waals surface area (Å²) >= 11 is 0. The van der Waals surface area contributed by atoms with E-state index in [9.17, 15) is 14.7 Å². The lowest BCUT2D eigenvalue weighted by Gasteiger charge is -2.48. The first kappa shape index (κ1) is 16.4. The molecular formula is C20H26N2O3. The maximum Gasteiger partial charge on any atom is 0.257 e. The summed E-state index contributed by atoms with van der Waals surface area (Å²) in [6.45, 7) is 4.02. The Balaban J connectivity index is 1.53. The summed E-state index contributed by atoms with van der Waals surface area (Å²) in [5.74, 6) is 0.286. The highest BCUT2D eigenvalue weighted by Crippen LogP contribution is 2.42. The van der Waals surface area contributed by atoms with Crippen molar-refractivity contribution in [1.82, 2.24) is 9.80 Å². The Labute approximate surface area is 148 Å². The number of phenols is 1. The van der Waals surface area contributed by atoms with Gasteiger partial charge >= 0.3 is 0 Å². The fourth-order valence-electron chi connectivity index (χ4n) is 4.48. The minimum Gasteiger partial charge on any atom is -0.507 e. The highest BCUT2D eigenvalue weighted by atomic mass is 16.3. The topological polar surface area (TPSA) is 60.9 Å². The zero-order chi connectivity index (χ0) is 17.6. The molecule has 1 aromatic carbocycles. The molecule has 4 rings (SSSR count). The molecule has 134 valence electrons. The molecule has 1 N–H and O–H groups in total. The molecule has 1 unspecified atom stereocenters. The first-order valence-electron chi connectivity index (χ1n) is 9.36. The Bertz CT molecular complexity index is 713. The van der Waals surface area contributed by atoms with Gasteiger partial charge in [0.05, 0.1) is 5.56 Å². The van der Waals surface area contributed by atoms with Crippen LogP contribution in [0.5, 0.6) is 5.75 Å². The molecule has 0 radical (unpaired) electrons. The monoisotopic (exact) mass is 342 g/mol. The van der Waals surface area contributed by atoms with Crippen molar-refractivity contribution in [3.05, 3.63) is 29.3 Å². The number of para-hydroxylation sites is 1. The number of likely N-dealkylation sites (tertiary alicyclic amines) is 2. The molecule has 3 aliphatic rings. The summed E-state index contributed by atoms with van der Waals surface area (Å²) in [4.78, 5) is 29.2. The van der Waals surface area contributed by atoms with Crippen LogP contribution in [0.2, 0.25) is 0 Å². The van der Waals surface area contributed by atoms with Crippen LogP contribution in [0.15, 0.2) is 18.2 Å². The maximum atomic E-state index is 13.0. The molecule has 2 amide bonds. The van der Waals surface area contributed by atoms with Gasteiger partial charge in [-0.25, -0.2) is 0 Å². The predicted octanol–water partition coefficient (Wildman–Crippen LogP) is 2.71. The van der Waals surface area contributed by atoms with Gasteiger partial charge in [0.15, 0.2) is 0 Å². The Morgan fingerprint density at radius 2 is 2.04 bits per heavy atom. The molecule has 0 aromatic heterocycles. The van der Waals surface area contributed by atoms with Gasteiger partial charge in [-0.1, -0.05) is 12.1 Å². The first-order valence-corrected chi connectivity index (χ1v) is 9.36. The number of aromatic hydroxyl groups is 1. The third-order valence-corrected chi connectivity index (χ3v) is 6.10. The lowest BCUT2D eigenvalue weighted by Crippen LogP contribution is -2.55. The summed E-state index contributed by atoms with van der Waals surface area (Å²) in [6, 6.07) is 5.77. The van der Waals surface area contributed by atoms with Crippen molar-refractivity contribution in [2.45, 2.75) is 51.5 Å². The van der Waals surface area contributed by atoms with Crippen LogP contribution in [-0.4, -0.2) is 52.4 Å². The number of hydrogen-bond donors (Lipinski definition) is 1. The van der Waals surface area contributed by atoms with Gasteiger partial charge < -0.3 is 14.9 Å². The third-order valence-electron chi connectivity index (χ3n) is 6.10. The van der Waals surface area contributed by atoms with E-state index in [0.717, 1.165) is 50.8 Å². The quantitative estimate of drug-likeness (QED) is 0.899. The number of carbonyl (C=O) groups is 2. The van der Waals surface area contributed by atoms with Gasteiger partial charge in [-0.3, -0.25) is 9.59 Å². The van der Waals surface area contributed by atoms with E-state index in [1.54, 1.807) is 6.07 Å². The fraction of sp³-hybridized carbons (Fsp3) is 0.600. The Morgan fingerprint density at radius 3 is 2.80 bits per heavy atom. The highest BCUT2D eigenvalue weighted by Gasteiger charge is 2.46. The lowest BCUT2D eigenvalue weighted by atomic mass is 9.73. The lowest BCUT2D eigenvalue weighted by molar-refractivity contribution is -0.139. The average Bonchev–Trinajstić information content (AvgIpc) is 3.44. The molecule has 1 spiro atoms. The molecule has 1 aromatic rings. The first-order chi connectivity index (χ1) is 12.0. The number of rotatable bonds is 2. The van der Waals surface area contributed by atoms with Crippen molar-refractivity contribution in [3.63, 3.8) is 0 Å². The molecular weight excluding hydrogens is 316 g/mol. The second kappa shape index (κ2) is 6.04. The van der Waals surface area contributed by atoms with Gasteiger partial charge in [0.1, 0.15) is 5.75 Å². The van der Waals surface area contributed by atoms with Crippen LogP contribution in [0.3, 0.4) is 0 Å². The van der Waals surface area contributed by atoms with Crippen LogP contribution >= 0.6 is 0 Å². The van der Waals surface area contributed by atoms with Crippen molar-refractivity contribution < 1.29 is 14.7 Å². The van der Waals surface area contributed by atoms with E-state index in [0.29, 0.717) is 24.6 Å². The average molecular weight is 342 g/mol. The Kier molecular flexibility index (Phi) is 3.97. The minimum absolute atomic E-state index is 0.0316. The van der Waals surface area contributed by atoms with Crippen molar-refractivity contribution >= 4 is 11.8 Å². The molecule has 2 saturated heterocycles. The van der Waals surface area contributed by atoms with Gasteiger partial charge in [-0.2, -0.15) is 0 Å². The number of benzene rings is 1. The molecule has 3 fully saturated rings. The minimum atomic E-state index is -0.0878. The number of piperidine rings is 2. The SMILES string of the molecule is Cc1cccc(C(=O)N2CCCC3(CCC(=O)N(C4CC4)C3)C2)c1O. The van der Waals surface area contributed by atoms with E-state index in [2.05, 4.69) is 4.90 Å². The number of aryl methyl sites for hydroxylation is 1. The van der Waals surface area contributed by atoms with E-state index < -0.39 is 0 Å². The smallest absolute Gasteiger partial charge is 0.257 e. The van der Waals surface area contributed by atoms with Gasteiger partial charge in [0.25, 0.3) is 5.91 Å². The van der Waals surface area contributed by atoms with Crippen LogP contribution < -0.4 is 0 Å². The van der Waals surface area contributed by atoms with E-state index >= 15 is 0 Å². The van der Waals surface area contributed by atoms with Gasteiger partial charge in [-0.05, 0) is 50.7 Å². The van der Waals surface area contributed by atoms with Crippen LogP contribution in [-0.2, 0) is 4.79 Å². The van der Waals surface area contributed by atoms with Crippen LogP contribution in [0.1, 0.15) is 54.4 Å². The zero-order valence-corrected chi connectivity index (χ0v) is 14.8. The standard InChI is InChI=1S/C20H26N2O3/c1-14-4-2-5-16(18(14)24)19(25)21-11-3-9-20(12-21)10-8-17(23)22(13-20)15-6-7-15/h2,4-5,15,24H,3,6-13H2,1H3. The van der Waals surface area contributed by atoms with Crippen molar-refractivity contribution in [1.29, 1.82) is 0 Å². The fourth-order valence-corrected chi connectivity index (χ4v) is 4.48. The molecule has 1 atom stereocenters. The predicted molar refractivity (Wildman–Crippen MR) is 94.4 cm³/mol. The maximum absolute atomic E-state index is 13.0. The van der Waals surface area contributed by atoms with Crippen molar-refractivity contribution in [3.8, 4) is 5.75 Å². The molecule has 5 heteroatoms. The molecule has 1 aliphatic carbocycles. The molecule has 2 heterocycles. The number of carbonyl (C=O) groups excluding carboxylic acids is 2. The summed E-state index contributed by atoms with van der Waals surface area (Å²) in [5.41, 5.74) is 1.15. The highest BCUT2D eigenvalue weighted by molar-refractivity contribution is 5.97. The van der Waals surface area contributed by atoms with E-state index in [1.165, 1.54) is 0 Å². The summed E-state index contributed by atoms with van der Waals surface area (Å²) in [5, 5.41) is 10.3. The second-order valence-electron chi connectivity index (χ2n) is 8.05. The van der Waals surface area contributed by atoms with E-state index in [1.807, 2.05) is 24.0 Å². The van der Waals surface area contributed by atoms with Crippen LogP contribution in [0, 0.1) is 12.3 Å². The molecule has 2 aliphatic heterocycles. The molecule has 1 saturated carbocycles. The van der Waals surface area contributed by atoms with E-state index in [4.69, 9.17) is 0 Å². The molecule has 0 bridgehead atoms. The number of nitrogens with zero attached hydrogens (tertiary/aromatic N) is 2. The van der Waals surface area contributed by atoms with Crippen LogP contribution in [0.25, 0.3) is 0 Å².